The average molecular weight is 512 g/mol. The van der Waals surface area contributed by atoms with Gasteiger partial charge < -0.3 is 18.4 Å². The predicted molar refractivity (Wildman–Crippen MR) is 134 cm³/mol. The fourth-order valence-electron chi connectivity index (χ4n) is 4.92. The Morgan fingerprint density at radius 1 is 1.00 bits per heavy atom. The second-order valence-electron chi connectivity index (χ2n) is 9.48. The lowest BCUT2D eigenvalue weighted by Gasteiger charge is -2.34. The third-order valence-electron chi connectivity index (χ3n) is 6.64. The molecular weight excluding hydrogens is 482 g/mol. The van der Waals surface area contributed by atoms with Gasteiger partial charge in [-0.3, -0.25) is 0 Å². The van der Waals surface area contributed by atoms with E-state index in [1.807, 2.05) is 6.92 Å². The van der Waals surface area contributed by atoms with Crippen LogP contribution in [0.15, 0.2) is 50.2 Å². The van der Waals surface area contributed by atoms with Gasteiger partial charge in [0.05, 0.1) is 19.1 Å². The number of aryl methyl sites for hydroxylation is 1. The smallest absolute Gasteiger partial charge is 0.294 e. The number of piperidine rings is 1. The summed E-state index contributed by atoms with van der Waals surface area (Å²) in [6, 6.07) is 10.3. The molecule has 5 rings (SSSR count). The molecule has 0 radical (unpaired) electrons. The summed E-state index contributed by atoms with van der Waals surface area (Å²) in [5, 5.41) is 4.78. The summed E-state index contributed by atoms with van der Waals surface area (Å²) in [7, 11) is -0.492. The summed E-state index contributed by atoms with van der Waals surface area (Å²) < 4.78 is 50.6. The third-order valence-corrected chi connectivity index (χ3v) is 8.47. The maximum atomic E-state index is 13.4. The largest absolute Gasteiger partial charge is 0.493 e. The fourth-order valence-corrected chi connectivity index (χ4v) is 6.63. The Bertz CT molecular complexity index is 1510. The number of sulfonamides is 1. The number of methoxy groups -OCH3 is 2. The van der Waals surface area contributed by atoms with Gasteiger partial charge >= 0.3 is 0 Å². The standard InChI is InChI=1S/C26H29N3O6S/c1-15-10-16(2)14-29(13-15)36(30,31)19-7-9-21-20(12-19)17(3)24(34-21)26-27-25(28-35-26)18-6-8-22(32-4)23(11-18)33-5/h6-9,11-12,15-16H,10,13-14H2,1-5H3. The van der Waals surface area contributed by atoms with E-state index < -0.39 is 10.0 Å². The molecule has 2 aromatic carbocycles. The van der Waals surface area contributed by atoms with E-state index in [4.69, 9.17) is 18.4 Å². The SMILES string of the molecule is COc1ccc(-c2noc(-c3oc4ccc(S(=O)(=O)N5CC(C)CC(C)C5)cc4c3C)n2)cc1OC. The van der Waals surface area contributed by atoms with Crippen LogP contribution in [0.2, 0.25) is 0 Å². The van der Waals surface area contributed by atoms with Crippen molar-refractivity contribution >= 4 is 21.0 Å². The van der Waals surface area contributed by atoms with Gasteiger partial charge in [-0.2, -0.15) is 9.29 Å². The van der Waals surface area contributed by atoms with Gasteiger partial charge in [0.15, 0.2) is 17.3 Å². The Morgan fingerprint density at radius 3 is 2.42 bits per heavy atom. The minimum absolute atomic E-state index is 0.205. The van der Waals surface area contributed by atoms with Crippen molar-refractivity contribution in [2.45, 2.75) is 32.1 Å². The second kappa shape index (κ2) is 9.25. The summed E-state index contributed by atoms with van der Waals surface area (Å²) in [5.74, 6) is 2.77. The van der Waals surface area contributed by atoms with Crippen LogP contribution in [0.3, 0.4) is 0 Å². The van der Waals surface area contributed by atoms with Gasteiger partial charge in [0.2, 0.25) is 15.8 Å². The number of rotatable bonds is 6. The third kappa shape index (κ3) is 4.24. The van der Waals surface area contributed by atoms with Gasteiger partial charge in [0.1, 0.15) is 5.58 Å². The lowest BCUT2D eigenvalue weighted by molar-refractivity contribution is 0.222. The van der Waals surface area contributed by atoms with Gasteiger partial charge in [-0.05, 0) is 61.6 Å². The lowest BCUT2D eigenvalue weighted by Crippen LogP contribution is -2.42. The molecule has 4 aromatic rings. The normalized spacial score (nSPS) is 19.0. The van der Waals surface area contributed by atoms with Gasteiger partial charge in [-0.15, -0.1) is 0 Å². The number of nitrogens with zero attached hydrogens (tertiary/aromatic N) is 3. The summed E-state index contributed by atoms with van der Waals surface area (Å²) in [6.07, 6.45) is 1.03. The van der Waals surface area contributed by atoms with E-state index in [0.717, 1.165) is 12.0 Å². The highest BCUT2D eigenvalue weighted by atomic mass is 32.2. The van der Waals surface area contributed by atoms with Crippen molar-refractivity contribution < 1.29 is 26.8 Å². The fraction of sp³-hybridized carbons (Fsp3) is 0.385. The van der Waals surface area contributed by atoms with Crippen molar-refractivity contribution in [2.24, 2.45) is 11.8 Å². The number of hydrogen-bond donors (Lipinski definition) is 0. The molecule has 1 aliphatic rings. The van der Waals surface area contributed by atoms with Crippen LogP contribution in [0.1, 0.15) is 25.8 Å². The zero-order valence-corrected chi connectivity index (χ0v) is 21.8. The zero-order valence-electron chi connectivity index (χ0n) is 20.9. The van der Waals surface area contributed by atoms with E-state index >= 15 is 0 Å². The first-order valence-electron chi connectivity index (χ1n) is 11.8. The highest BCUT2D eigenvalue weighted by molar-refractivity contribution is 7.89. The van der Waals surface area contributed by atoms with Crippen LogP contribution in [-0.2, 0) is 10.0 Å². The Balaban J connectivity index is 1.49. The van der Waals surface area contributed by atoms with Crippen LogP contribution in [-0.4, -0.2) is 50.2 Å². The molecule has 1 aliphatic heterocycles. The summed E-state index contributed by atoms with van der Waals surface area (Å²) in [6.45, 7) is 7.09. The molecule has 0 bridgehead atoms. The van der Waals surface area contributed by atoms with E-state index in [1.54, 1.807) is 54.9 Å². The van der Waals surface area contributed by atoms with Crippen LogP contribution < -0.4 is 9.47 Å². The molecule has 2 aromatic heterocycles. The number of ether oxygens (including phenoxy) is 2. The number of aromatic nitrogens is 2. The Morgan fingerprint density at radius 2 is 1.72 bits per heavy atom. The van der Waals surface area contributed by atoms with E-state index in [2.05, 4.69) is 24.0 Å². The molecule has 1 saturated heterocycles. The Kier molecular flexibility index (Phi) is 6.25. The van der Waals surface area contributed by atoms with Crippen molar-refractivity contribution in [1.29, 1.82) is 0 Å². The molecule has 36 heavy (non-hydrogen) atoms. The molecule has 0 spiro atoms. The highest BCUT2D eigenvalue weighted by Gasteiger charge is 2.32. The molecule has 0 N–H and O–H groups in total. The minimum Gasteiger partial charge on any atom is -0.493 e. The van der Waals surface area contributed by atoms with Crippen molar-refractivity contribution in [2.75, 3.05) is 27.3 Å². The Labute approximate surface area is 210 Å². The lowest BCUT2D eigenvalue weighted by atomic mass is 9.94. The first kappa shape index (κ1) is 24.3. The molecule has 3 heterocycles. The molecule has 2 unspecified atom stereocenters. The van der Waals surface area contributed by atoms with Crippen LogP contribution in [0.25, 0.3) is 34.0 Å². The van der Waals surface area contributed by atoms with Crippen LogP contribution >= 0.6 is 0 Å². The molecule has 10 heteroatoms. The minimum atomic E-state index is -3.62. The summed E-state index contributed by atoms with van der Waals surface area (Å²) >= 11 is 0. The first-order valence-corrected chi connectivity index (χ1v) is 13.2. The monoisotopic (exact) mass is 511 g/mol. The van der Waals surface area contributed by atoms with Crippen LogP contribution in [0, 0.1) is 18.8 Å². The van der Waals surface area contributed by atoms with Gasteiger partial charge in [0, 0.05) is 29.6 Å². The van der Waals surface area contributed by atoms with Crippen molar-refractivity contribution in [3.05, 3.63) is 42.0 Å². The number of benzene rings is 2. The molecule has 0 saturated carbocycles. The summed E-state index contributed by atoms with van der Waals surface area (Å²) in [4.78, 5) is 4.76. The topological polar surface area (TPSA) is 108 Å². The van der Waals surface area contributed by atoms with Crippen LogP contribution in [0.5, 0.6) is 11.5 Å². The number of hydrogen-bond acceptors (Lipinski definition) is 8. The van der Waals surface area contributed by atoms with Crippen molar-refractivity contribution in [1.82, 2.24) is 14.4 Å². The van der Waals surface area contributed by atoms with Crippen LogP contribution in [0.4, 0.5) is 0 Å². The van der Waals surface area contributed by atoms with Gasteiger partial charge in [0.25, 0.3) is 5.89 Å². The molecular formula is C26H29N3O6S. The zero-order chi connectivity index (χ0) is 25.6. The van der Waals surface area contributed by atoms with Crippen molar-refractivity contribution in [3.8, 4) is 34.5 Å². The van der Waals surface area contributed by atoms with E-state index in [9.17, 15) is 8.42 Å². The molecule has 2 atom stereocenters. The van der Waals surface area contributed by atoms with Crippen molar-refractivity contribution in [3.63, 3.8) is 0 Å². The van der Waals surface area contributed by atoms with E-state index in [-0.39, 0.29) is 10.8 Å². The molecule has 1 fully saturated rings. The first-order chi connectivity index (χ1) is 17.2. The quantitative estimate of drug-likeness (QED) is 0.350. The summed E-state index contributed by atoms with van der Waals surface area (Å²) in [5.41, 5.74) is 1.97. The Hall–Kier alpha value is -3.37. The second-order valence-corrected chi connectivity index (χ2v) is 11.4. The number of fused-ring (bicyclic) bond motifs is 1. The predicted octanol–water partition coefficient (Wildman–Crippen LogP) is 5.14. The maximum absolute atomic E-state index is 13.4. The van der Waals surface area contributed by atoms with Gasteiger partial charge in [-0.25, -0.2) is 8.42 Å². The molecule has 9 nitrogen and oxygen atoms in total. The highest BCUT2D eigenvalue weighted by Crippen LogP contribution is 2.36. The molecule has 190 valence electrons. The maximum Gasteiger partial charge on any atom is 0.294 e. The average Bonchev–Trinajstić information content (AvgIpc) is 3.47. The number of furan rings is 1. The molecule has 0 amide bonds. The molecule has 0 aliphatic carbocycles. The van der Waals surface area contributed by atoms with E-state index in [1.165, 1.54) is 0 Å². The van der Waals surface area contributed by atoms with E-state index in [0.29, 0.717) is 64.5 Å². The van der Waals surface area contributed by atoms with Gasteiger partial charge in [-0.1, -0.05) is 19.0 Å².